The Morgan fingerprint density at radius 3 is 2.46 bits per heavy atom. The summed E-state index contributed by atoms with van der Waals surface area (Å²) >= 11 is 0. The van der Waals surface area contributed by atoms with Crippen LogP contribution in [0.25, 0.3) is 6.08 Å². The van der Waals surface area contributed by atoms with Gasteiger partial charge in [0.05, 0.1) is 7.11 Å². The molecule has 0 fully saturated rings. The Morgan fingerprint density at radius 1 is 1.29 bits per heavy atom. The average molecular weight is 338 g/mol. The molecule has 0 heterocycles. The first-order valence-corrected chi connectivity index (χ1v) is 7.07. The van der Waals surface area contributed by atoms with Crippen LogP contribution in [0.1, 0.15) is 19.4 Å². The minimum atomic E-state index is -1.18. The second kappa shape index (κ2) is 8.66. The number of primary amides is 1. The number of hydrogen-bond acceptors (Lipinski definition) is 5. The topological polar surface area (TPSA) is 108 Å². The van der Waals surface area contributed by atoms with Gasteiger partial charge in [-0.1, -0.05) is 19.9 Å². The molecule has 0 unspecified atom stereocenters. The zero-order valence-corrected chi connectivity index (χ0v) is 13.5. The van der Waals surface area contributed by atoms with E-state index in [0.29, 0.717) is 5.56 Å². The Labute approximate surface area is 138 Å². The van der Waals surface area contributed by atoms with Crippen molar-refractivity contribution in [2.24, 2.45) is 11.7 Å². The fraction of sp³-hybridized carbons (Fsp3) is 0.312. The average Bonchev–Trinajstić information content (AvgIpc) is 2.49. The summed E-state index contributed by atoms with van der Waals surface area (Å²) in [6, 6.07) is 3.11. The third kappa shape index (κ3) is 5.71. The fourth-order valence-electron chi connectivity index (χ4n) is 1.80. The maximum absolute atomic E-state index is 13.5. The first-order chi connectivity index (χ1) is 11.2. The predicted molar refractivity (Wildman–Crippen MR) is 84.4 cm³/mol. The van der Waals surface area contributed by atoms with Gasteiger partial charge in [0.1, 0.15) is 0 Å². The fourth-order valence-corrected chi connectivity index (χ4v) is 1.80. The van der Waals surface area contributed by atoms with Crippen LogP contribution in [0, 0.1) is 11.7 Å². The maximum atomic E-state index is 13.5. The summed E-state index contributed by atoms with van der Waals surface area (Å²) in [5.41, 5.74) is 5.27. The van der Waals surface area contributed by atoms with Gasteiger partial charge in [0.2, 0.25) is 0 Å². The maximum Gasteiger partial charge on any atom is 0.331 e. The summed E-state index contributed by atoms with van der Waals surface area (Å²) in [4.78, 5) is 34.3. The van der Waals surface area contributed by atoms with Crippen LogP contribution < -0.4 is 15.8 Å². The molecule has 130 valence electrons. The van der Waals surface area contributed by atoms with Crippen molar-refractivity contribution in [3.63, 3.8) is 0 Å². The van der Waals surface area contributed by atoms with Gasteiger partial charge in [-0.2, -0.15) is 0 Å². The molecule has 1 aromatic rings. The Hall–Kier alpha value is -2.90. The second-order valence-electron chi connectivity index (χ2n) is 5.18. The molecule has 0 aromatic heterocycles. The minimum absolute atomic E-state index is 0.0812. The van der Waals surface area contributed by atoms with Gasteiger partial charge >= 0.3 is 12.0 Å². The summed E-state index contributed by atoms with van der Waals surface area (Å²) in [7, 11) is 1.34. The van der Waals surface area contributed by atoms with Crippen LogP contribution in [0.3, 0.4) is 0 Å². The van der Waals surface area contributed by atoms with Crippen LogP contribution in [0.4, 0.5) is 9.18 Å². The largest absolute Gasteiger partial charge is 0.494 e. The highest BCUT2D eigenvalue weighted by molar-refractivity contribution is 5.97. The second-order valence-corrected chi connectivity index (χ2v) is 5.18. The Balaban J connectivity index is 2.76. The first kappa shape index (κ1) is 19.1. The molecule has 0 aliphatic rings. The molecule has 7 nitrogen and oxygen atoms in total. The lowest BCUT2D eigenvalue weighted by molar-refractivity contribution is -0.153. The van der Waals surface area contributed by atoms with Crippen molar-refractivity contribution in [3.05, 3.63) is 35.7 Å². The molecular formula is C16H19FN2O5. The Kier molecular flexibility index (Phi) is 6.91. The van der Waals surface area contributed by atoms with Crippen molar-refractivity contribution in [1.82, 2.24) is 5.32 Å². The number of methoxy groups -OCH3 is 1. The van der Waals surface area contributed by atoms with E-state index in [1.807, 2.05) is 5.32 Å². The van der Waals surface area contributed by atoms with Crippen molar-refractivity contribution in [2.75, 3.05) is 7.11 Å². The summed E-state index contributed by atoms with van der Waals surface area (Å²) in [5, 5.41) is 1.86. The molecule has 1 atom stereocenters. The highest BCUT2D eigenvalue weighted by atomic mass is 19.1. The summed E-state index contributed by atoms with van der Waals surface area (Å²) in [6.07, 6.45) is 1.20. The molecule has 1 aromatic carbocycles. The van der Waals surface area contributed by atoms with Crippen LogP contribution in [-0.2, 0) is 14.3 Å². The number of hydrogen-bond donors (Lipinski definition) is 2. The third-order valence-electron chi connectivity index (χ3n) is 2.94. The van der Waals surface area contributed by atoms with E-state index >= 15 is 0 Å². The molecule has 0 aliphatic heterocycles. The van der Waals surface area contributed by atoms with Gasteiger partial charge in [0.25, 0.3) is 5.91 Å². The lowest BCUT2D eigenvalue weighted by Crippen LogP contribution is -2.45. The predicted octanol–water partition coefficient (Wildman–Crippen LogP) is 1.61. The zero-order valence-electron chi connectivity index (χ0n) is 13.5. The van der Waals surface area contributed by atoms with Gasteiger partial charge in [0.15, 0.2) is 17.7 Å². The van der Waals surface area contributed by atoms with Gasteiger partial charge in [-0.05, 0) is 29.7 Å². The number of urea groups is 1. The molecule has 0 aliphatic carbocycles. The zero-order chi connectivity index (χ0) is 18.3. The number of rotatable bonds is 6. The van der Waals surface area contributed by atoms with Gasteiger partial charge in [0, 0.05) is 6.08 Å². The minimum Gasteiger partial charge on any atom is -0.494 e. The van der Waals surface area contributed by atoms with Crippen LogP contribution >= 0.6 is 0 Å². The molecule has 0 saturated heterocycles. The molecule has 3 N–H and O–H groups in total. The molecular weight excluding hydrogens is 319 g/mol. The monoisotopic (exact) mass is 338 g/mol. The number of carbonyl (C=O) groups excluding carboxylic acids is 3. The van der Waals surface area contributed by atoms with E-state index in [4.69, 9.17) is 15.2 Å². The molecule has 0 radical (unpaired) electrons. The van der Waals surface area contributed by atoms with Gasteiger partial charge < -0.3 is 15.2 Å². The van der Waals surface area contributed by atoms with Gasteiger partial charge in [-0.25, -0.2) is 14.0 Å². The van der Waals surface area contributed by atoms with Crippen LogP contribution in [0.5, 0.6) is 5.75 Å². The number of ether oxygens (including phenoxy) is 2. The number of nitrogens with one attached hydrogen (secondary N) is 1. The molecule has 24 heavy (non-hydrogen) atoms. The van der Waals surface area contributed by atoms with Gasteiger partial charge in [-0.3, -0.25) is 10.1 Å². The van der Waals surface area contributed by atoms with E-state index in [0.717, 1.165) is 6.08 Å². The smallest absolute Gasteiger partial charge is 0.331 e. The van der Waals surface area contributed by atoms with Crippen molar-refractivity contribution >= 4 is 24.0 Å². The molecule has 8 heteroatoms. The number of amides is 3. The lowest BCUT2D eigenvalue weighted by Gasteiger charge is -2.18. The highest BCUT2D eigenvalue weighted by Crippen LogP contribution is 2.18. The van der Waals surface area contributed by atoms with E-state index in [1.54, 1.807) is 19.9 Å². The molecule has 0 spiro atoms. The molecule has 1 rings (SSSR count). The number of esters is 1. The molecule has 3 amide bonds. The van der Waals surface area contributed by atoms with E-state index in [2.05, 4.69) is 0 Å². The number of imide groups is 1. The number of benzene rings is 1. The van der Waals surface area contributed by atoms with E-state index < -0.39 is 29.8 Å². The van der Waals surface area contributed by atoms with Crippen molar-refractivity contribution in [2.45, 2.75) is 20.0 Å². The van der Waals surface area contributed by atoms with E-state index in [1.165, 1.54) is 25.3 Å². The van der Waals surface area contributed by atoms with Crippen LogP contribution in [0.2, 0.25) is 0 Å². The number of halogens is 1. The highest BCUT2D eigenvalue weighted by Gasteiger charge is 2.26. The summed E-state index contributed by atoms with van der Waals surface area (Å²) in [6.45, 7) is 3.28. The van der Waals surface area contributed by atoms with Crippen LogP contribution in [0.15, 0.2) is 24.3 Å². The van der Waals surface area contributed by atoms with Crippen LogP contribution in [-0.4, -0.2) is 31.1 Å². The quantitative estimate of drug-likeness (QED) is 0.605. The van der Waals surface area contributed by atoms with Crippen molar-refractivity contribution in [3.8, 4) is 5.75 Å². The van der Waals surface area contributed by atoms with E-state index in [-0.39, 0.29) is 11.7 Å². The Bertz CT molecular complexity index is 658. The lowest BCUT2D eigenvalue weighted by atomic mass is 10.1. The number of nitrogens with two attached hydrogens (primary N) is 1. The standard InChI is InChI=1S/C16H19FN2O5/c1-9(2)14(15(21)19-16(18)22)24-13(20)7-5-10-4-6-12(23-3)11(17)8-10/h4-9,14H,1-3H3,(H3,18,19,21,22)/b7-5+/t14-/m0/s1. The van der Waals surface area contributed by atoms with Gasteiger partial charge in [-0.15, -0.1) is 0 Å². The third-order valence-corrected chi connectivity index (χ3v) is 2.94. The Morgan fingerprint density at radius 2 is 1.96 bits per heavy atom. The first-order valence-electron chi connectivity index (χ1n) is 7.07. The SMILES string of the molecule is COc1ccc(/C=C/C(=O)O[C@H](C(=O)NC(N)=O)C(C)C)cc1F. The van der Waals surface area contributed by atoms with Crippen molar-refractivity contribution in [1.29, 1.82) is 0 Å². The van der Waals surface area contributed by atoms with E-state index in [9.17, 15) is 18.8 Å². The van der Waals surface area contributed by atoms with Crippen molar-refractivity contribution < 1.29 is 28.2 Å². The molecule has 0 bridgehead atoms. The normalized spacial score (nSPS) is 12.0. The summed E-state index contributed by atoms with van der Waals surface area (Å²) < 4.78 is 23.3. The number of carbonyl (C=O) groups is 3. The molecule has 0 saturated carbocycles. The summed E-state index contributed by atoms with van der Waals surface area (Å²) in [5.74, 6) is -2.49.